The van der Waals surface area contributed by atoms with E-state index >= 15 is 0 Å². The predicted molar refractivity (Wildman–Crippen MR) is 48.6 cm³/mol. The fraction of sp³-hybridized carbons (Fsp3) is 0.750. The van der Waals surface area contributed by atoms with Crippen LogP contribution in [0.1, 0.15) is 5.82 Å². The van der Waals surface area contributed by atoms with Gasteiger partial charge in [0, 0.05) is 14.2 Å². The van der Waals surface area contributed by atoms with Crippen LogP contribution in [0.3, 0.4) is 0 Å². The predicted octanol–water partition coefficient (Wildman–Crippen LogP) is -0.568. The van der Waals surface area contributed by atoms with E-state index in [4.69, 9.17) is 14.6 Å². The molecule has 6 nitrogen and oxygen atoms in total. The molecule has 1 heterocycles. The van der Waals surface area contributed by atoms with E-state index in [1.54, 1.807) is 25.1 Å². The van der Waals surface area contributed by atoms with Crippen LogP contribution < -0.4 is 0 Å². The van der Waals surface area contributed by atoms with E-state index in [0.717, 1.165) is 0 Å². The van der Waals surface area contributed by atoms with Crippen molar-refractivity contribution in [2.75, 3.05) is 20.8 Å². The summed E-state index contributed by atoms with van der Waals surface area (Å²) >= 11 is 0. The number of hydrogen-bond donors (Lipinski definition) is 1. The largest absolute Gasteiger partial charge is 0.388 e. The minimum atomic E-state index is -0.122. The average molecular weight is 201 g/mol. The van der Waals surface area contributed by atoms with Gasteiger partial charge in [-0.1, -0.05) is 0 Å². The fourth-order valence-electron chi connectivity index (χ4n) is 1.15. The van der Waals surface area contributed by atoms with E-state index in [2.05, 4.69) is 10.2 Å². The average Bonchev–Trinajstić information content (AvgIpc) is 2.64. The Balaban J connectivity index is 2.56. The molecular formula is C8H15N3O3. The SMILES string of the molecule is COCC(Cn1cnnc1CO)OC. The first-order valence-electron chi connectivity index (χ1n) is 4.31. The zero-order chi connectivity index (χ0) is 10.4. The van der Waals surface area contributed by atoms with Crippen LogP contribution >= 0.6 is 0 Å². The zero-order valence-corrected chi connectivity index (χ0v) is 8.38. The Kier molecular flexibility index (Phi) is 4.51. The number of aliphatic hydroxyl groups excluding tert-OH is 1. The van der Waals surface area contributed by atoms with Gasteiger partial charge in [-0.2, -0.15) is 0 Å². The second kappa shape index (κ2) is 5.69. The minimum absolute atomic E-state index is 0.0544. The molecule has 0 bridgehead atoms. The highest BCUT2D eigenvalue weighted by Gasteiger charge is 2.10. The van der Waals surface area contributed by atoms with Crippen LogP contribution in [0.4, 0.5) is 0 Å². The van der Waals surface area contributed by atoms with Gasteiger partial charge in [-0.05, 0) is 0 Å². The van der Waals surface area contributed by atoms with Crippen LogP contribution in [0.5, 0.6) is 0 Å². The van der Waals surface area contributed by atoms with Crippen molar-refractivity contribution in [1.29, 1.82) is 0 Å². The molecule has 0 saturated carbocycles. The standard InChI is InChI=1S/C8H15N3O3/c1-13-5-7(14-2)3-11-6-9-10-8(11)4-12/h6-7,12H,3-5H2,1-2H3. The van der Waals surface area contributed by atoms with E-state index in [1.165, 1.54) is 0 Å². The summed E-state index contributed by atoms with van der Waals surface area (Å²) in [6.45, 7) is 0.955. The molecule has 6 heteroatoms. The lowest BCUT2D eigenvalue weighted by Gasteiger charge is -2.15. The van der Waals surface area contributed by atoms with Crippen molar-refractivity contribution in [3.05, 3.63) is 12.2 Å². The van der Waals surface area contributed by atoms with E-state index < -0.39 is 0 Å². The lowest BCUT2D eigenvalue weighted by molar-refractivity contribution is 0.0173. The maximum absolute atomic E-state index is 8.93. The van der Waals surface area contributed by atoms with Crippen LogP contribution in [-0.2, 0) is 22.6 Å². The highest BCUT2D eigenvalue weighted by molar-refractivity contribution is 4.83. The van der Waals surface area contributed by atoms with Gasteiger partial charge < -0.3 is 19.1 Å². The first-order valence-corrected chi connectivity index (χ1v) is 4.31. The van der Waals surface area contributed by atoms with Crippen LogP contribution in [0.15, 0.2) is 6.33 Å². The van der Waals surface area contributed by atoms with Crippen molar-refractivity contribution >= 4 is 0 Å². The molecule has 0 aliphatic rings. The van der Waals surface area contributed by atoms with E-state index in [0.29, 0.717) is 19.0 Å². The number of methoxy groups -OCH3 is 2. The van der Waals surface area contributed by atoms with Gasteiger partial charge in [-0.25, -0.2) is 0 Å². The minimum Gasteiger partial charge on any atom is -0.388 e. The quantitative estimate of drug-likeness (QED) is 0.667. The summed E-state index contributed by atoms with van der Waals surface area (Å²) in [7, 11) is 3.23. The molecule has 0 aliphatic heterocycles. The Bertz CT molecular complexity index is 264. The Morgan fingerprint density at radius 1 is 1.57 bits per heavy atom. The van der Waals surface area contributed by atoms with Crippen molar-refractivity contribution in [3.8, 4) is 0 Å². The second-order valence-electron chi connectivity index (χ2n) is 2.87. The van der Waals surface area contributed by atoms with Crippen molar-refractivity contribution in [3.63, 3.8) is 0 Å². The van der Waals surface area contributed by atoms with Gasteiger partial charge in [-0.15, -0.1) is 10.2 Å². The third-order valence-corrected chi connectivity index (χ3v) is 1.92. The van der Waals surface area contributed by atoms with Crippen LogP contribution in [0, 0.1) is 0 Å². The summed E-state index contributed by atoms with van der Waals surface area (Å²) in [6.07, 6.45) is 1.51. The van der Waals surface area contributed by atoms with Crippen molar-refractivity contribution in [2.45, 2.75) is 19.3 Å². The topological polar surface area (TPSA) is 69.4 Å². The molecule has 0 fully saturated rings. The molecule has 80 valence electrons. The van der Waals surface area contributed by atoms with Crippen molar-refractivity contribution < 1.29 is 14.6 Å². The molecule has 1 unspecified atom stereocenters. The summed E-state index contributed by atoms with van der Waals surface area (Å²) in [4.78, 5) is 0. The fourth-order valence-corrected chi connectivity index (χ4v) is 1.15. The molecule has 0 aliphatic carbocycles. The molecule has 0 saturated heterocycles. The lowest BCUT2D eigenvalue weighted by atomic mass is 10.3. The number of nitrogens with zero attached hydrogens (tertiary/aromatic N) is 3. The zero-order valence-electron chi connectivity index (χ0n) is 8.38. The van der Waals surface area contributed by atoms with Crippen LogP contribution in [-0.4, -0.2) is 46.8 Å². The number of aliphatic hydroxyl groups is 1. The highest BCUT2D eigenvalue weighted by atomic mass is 16.5. The normalized spacial score (nSPS) is 13.1. The maximum Gasteiger partial charge on any atom is 0.158 e. The summed E-state index contributed by atoms with van der Waals surface area (Å²) in [5.74, 6) is 0.531. The molecule has 1 N–H and O–H groups in total. The summed E-state index contributed by atoms with van der Waals surface area (Å²) in [5, 5.41) is 16.4. The molecule has 0 radical (unpaired) electrons. The number of aromatic nitrogens is 3. The lowest BCUT2D eigenvalue weighted by Crippen LogP contribution is -2.24. The summed E-state index contributed by atoms with van der Waals surface area (Å²) in [6, 6.07) is 0. The number of ether oxygens (including phenoxy) is 2. The van der Waals surface area contributed by atoms with Crippen molar-refractivity contribution in [2.24, 2.45) is 0 Å². The van der Waals surface area contributed by atoms with Crippen molar-refractivity contribution in [1.82, 2.24) is 14.8 Å². The number of hydrogen-bond acceptors (Lipinski definition) is 5. The first-order chi connectivity index (χ1) is 6.81. The Hall–Kier alpha value is -0.980. The van der Waals surface area contributed by atoms with Gasteiger partial charge >= 0.3 is 0 Å². The van der Waals surface area contributed by atoms with Crippen LogP contribution in [0.25, 0.3) is 0 Å². The van der Waals surface area contributed by atoms with E-state index in [1.807, 2.05) is 0 Å². The summed E-state index contributed by atoms with van der Waals surface area (Å²) < 4.78 is 11.9. The summed E-state index contributed by atoms with van der Waals surface area (Å²) in [5.41, 5.74) is 0. The number of rotatable bonds is 6. The van der Waals surface area contributed by atoms with Gasteiger partial charge in [0.1, 0.15) is 12.9 Å². The van der Waals surface area contributed by atoms with Gasteiger partial charge in [0.2, 0.25) is 0 Å². The third kappa shape index (κ3) is 2.76. The molecule has 1 rings (SSSR count). The highest BCUT2D eigenvalue weighted by Crippen LogP contribution is 2.00. The molecule has 0 amide bonds. The molecule has 14 heavy (non-hydrogen) atoms. The Morgan fingerprint density at radius 3 is 2.93 bits per heavy atom. The molecule has 0 aromatic carbocycles. The van der Waals surface area contributed by atoms with Gasteiger partial charge in [0.15, 0.2) is 5.82 Å². The smallest absolute Gasteiger partial charge is 0.158 e. The van der Waals surface area contributed by atoms with Crippen LogP contribution in [0.2, 0.25) is 0 Å². The van der Waals surface area contributed by atoms with E-state index in [-0.39, 0.29) is 12.7 Å². The third-order valence-electron chi connectivity index (χ3n) is 1.92. The van der Waals surface area contributed by atoms with Gasteiger partial charge in [0.25, 0.3) is 0 Å². The van der Waals surface area contributed by atoms with Gasteiger partial charge in [0.05, 0.1) is 19.3 Å². The Labute approximate surface area is 82.5 Å². The first kappa shape index (κ1) is 11.1. The molecule has 1 aromatic heterocycles. The molecule has 1 atom stereocenters. The monoisotopic (exact) mass is 201 g/mol. The van der Waals surface area contributed by atoms with E-state index in [9.17, 15) is 0 Å². The molecule has 0 spiro atoms. The second-order valence-corrected chi connectivity index (χ2v) is 2.87. The molecular weight excluding hydrogens is 186 g/mol. The molecule has 1 aromatic rings. The van der Waals surface area contributed by atoms with Gasteiger partial charge in [-0.3, -0.25) is 0 Å². The maximum atomic E-state index is 8.93. The Morgan fingerprint density at radius 2 is 2.36 bits per heavy atom.